The van der Waals surface area contributed by atoms with Gasteiger partial charge in [0.1, 0.15) is 0 Å². The Hall–Kier alpha value is -1.28. The molecule has 0 aromatic heterocycles. The van der Waals surface area contributed by atoms with Crippen LogP contribution in [0.4, 0.5) is 0 Å². The monoisotopic (exact) mass is 315 g/mol. The van der Waals surface area contributed by atoms with E-state index in [1.54, 1.807) is 11.8 Å². The molecule has 0 amide bonds. The average Bonchev–Trinajstić information content (AvgIpc) is 2.49. The Morgan fingerprint density at radius 1 is 1.36 bits per heavy atom. The minimum Gasteiger partial charge on any atom is -0.268 e. The van der Waals surface area contributed by atoms with Gasteiger partial charge in [-0.05, 0) is 66.5 Å². The van der Waals surface area contributed by atoms with Crippen LogP contribution < -0.4 is 0 Å². The topological polar surface area (TPSA) is 12.4 Å². The molecule has 0 bridgehead atoms. The lowest BCUT2D eigenvalue weighted by Crippen LogP contribution is -2.01. The number of nitrogens with zero attached hydrogens (tertiary/aromatic N) is 1. The van der Waals surface area contributed by atoms with Crippen LogP contribution in [-0.4, -0.2) is 12.5 Å². The zero-order valence-corrected chi connectivity index (χ0v) is 15.3. The summed E-state index contributed by atoms with van der Waals surface area (Å²) < 4.78 is 0. The van der Waals surface area contributed by atoms with Gasteiger partial charge in [-0.3, -0.25) is 4.99 Å². The van der Waals surface area contributed by atoms with Crippen molar-refractivity contribution in [1.82, 2.24) is 0 Å². The molecule has 0 unspecified atom stereocenters. The van der Waals surface area contributed by atoms with Gasteiger partial charge < -0.3 is 0 Å². The third-order valence-electron chi connectivity index (χ3n) is 3.71. The second-order valence-electron chi connectivity index (χ2n) is 5.88. The maximum atomic E-state index is 4.32. The zero-order chi connectivity index (χ0) is 16.5. The Bertz CT molecular complexity index is 530. The van der Waals surface area contributed by atoms with Gasteiger partial charge in [-0.1, -0.05) is 45.6 Å². The Balaban J connectivity index is 2.80. The molecule has 0 saturated carbocycles. The van der Waals surface area contributed by atoms with E-state index in [9.17, 15) is 0 Å². The molecule has 1 aliphatic carbocycles. The minimum atomic E-state index is 0.412. The van der Waals surface area contributed by atoms with E-state index in [0.717, 1.165) is 30.7 Å². The van der Waals surface area contributed by atoms with Gasteiger partial charge in [0, 0.05) is 11.4 Å². The lowest BCUT2D eigenvalue weighted by Gasteiger charge is -2.18. The molecule has 22 heavy (non-hydrogen) atoms. The van der Waals surface area contributed by atoms with Crippen molar-refractivity contribution in [3.63, 3.8) is 0 Å². The van der Waals surface area contributed by atoms with E-state index < -0.39 is 0 Å². The average molecular weight is 316 g/mol. The summed E-state index contributed by atoms with van der Waals surface area (Å²) in [6.45, 7) is 16.6. The molecule has 0 spiro atoms. The maximum absolute atomic E-state index is 4.32. The molecule has 0 radical (unpaired) electrons. The molecule has 0 N–H and O–H groups in total. The second kappa shape index (κ2) is 9.68. The van der Waals surface area contributed by atoms with Crippen LogP contribution in [0.2, 0.25) is 0 Å². The van der Waals surface area contributed by atoms with E-state index >= 15 is 0 Å². The van der Waals surface area contributed by atoms with E-state index in [1.165, 1.54) is 22.3 Å². The van der Waals surface area contributed by atoms with Crippen molar-refractivity contribution in [2.24, 2.45) is 10.9 Å². The quantitative estimate of drug-likeness (QED) is 0.369. The Morgan fingerprint density at radius 3 is 2.59 bits per heavy atom. The Labute approximate surface area is 140 Å². The van der Waals surface area contributed by atoms with E-state index in [-0.39, 0.29) is 0 Å². The van der Waals surface area contributed by atoms with E-state index in [2.05, 4.69) is 69.6 Å². The van der Waals surface area contributed by atoms with Crippen LogP contribution in [0.15, 0.2) is 63.2 Å². The highest BCUT2D eigenvalue weighted by Crippen LogP contribution is 2.31. The summed E-state index contributed by atoms with van der Waals surface area (Å²) in [6, 6.07) is 0. The van der Waals surface area contributed by atoms with Gasteiger partial charge >= 0.3 is 0 Å². The van der Waals surface area contributed by atoms with Gasteiger partial charge in [0.15, 0.2) is 0 Å². The van der Waals surface area contributed by atoms with E-state index in [1.807, 2.05) is 0 Å². The van der Waals surface area contributed by atoms with Crippen molar-refractivity contribution in [3.8, 4) is 0 Å². The third kappa shape index (κ3) is 5.49. The van der Waals surface area contributed by atoms with Crippen LogP contribution in [0.25, 0.3) is 0 Å². The first-order valence-electron chi connectivity index (χ1n) is 8.05. The van der Waals surface area contributed by atoms with Crippen LogP contribution in [0.1, 0.15) is 47.0 Å². The summed E-state index contributed by atoms with van der Waals surface area (Å²) >= 11 is 1.76. The Morgan fingerprint density at radius 2 is 2.05 bits per heavy atom. The van der Waals surface area contributed by atoms with Crippen LogP contribution in [0.3, 0.4) is 0 Å². The molecular formula is C20H29NS. The smallest absolute Gasteiger partial charge is 0.0484 e. The van der Waals surface area contributed by atoms with Gasteiger partial charge in [0.05, 0.1) is 0 Å². The molecule has 0 heterocycles. The number of aliphatic imine (C=N–C) groups is 1. The normalized spacial score (nSPS) is 16.4. The minimum absolute atomic E-state index is 0.412. The fourth-order valence-corrected chi connectivity index (χ4v) is 3.39. The van der Waals surface area contributed by atoms with Gasteiger partial charge in [0.25, 0.3) is 0 Å². The molecular weight excluding hydrogens is 286 g/mol. The van der Waals surface area contributed by atoms with Crippen molar-refractivity contribution in [2.75, 3.05) is 5.75 Å². The summed E-state index contributed by atoms with van der Waals surface area (Å²) in [7, 11) is 0. The van der Waals surface area contributed by atoms with Crippen LogP contribution >= 0.6 is 11.8 Å². The second-order valence-corrected chi connectivity index (χ2v) is 6.74. The summed E-state index contributed by atoms with van der Waals surface area (Å²) in [6.07, 6.45) is 10.3. The Kier molecular flexibility index (Phi) is 8.26. The molecule has 1 nitrogen and oxygen atoms in total. The third-order valence-corrected chi connectivity index (χ3v) is 4.63. The fraction of sp³-hybridized carbons (Fsp3) is 0.450. The molecule has 2 heteroatoms. The molecule has 0 saturated heterocycles. The van der Waals surface area contributed by atoms with Gasteiger partial charge in [-0.2, -0.15) is 0 Å². The summed E-state index contributed by atoms with van der Waals surface area (Å²) in [5, 5.41) is 2.12. The lowest BCUT2D eigenvalue weighted by molar-refractivity contribution is 0.763. The van der Waals surface area contributed by atoms with Crippen LogP contribution in [-0.2, 0) is 0 Å². The molecule has 0 aromatic rings. The number of hydrogen-bond donors (Lipinski definition) is 0. The lowest BCUT2D eigenvalue weighted by atomic mass is 9.89. The first-order valence-corrected chi connectivity index (χ1v) is 9.10. The summed E-state index contributed by atoms with van der Waals surface area (Å²) in [5.74, 6) is 1.30. The highest BCUT2D eigenvalue weighted by atomic mass is 32.2. The maximum Gasteiger partial charge on any atom is 0.0484 e. The van der Waals surface area contributed by atoms with E-state index in [0.29, 0.717) is 5.92 Å². The van der Waals surface area contributed by atoms with Crippen molar-refractivity contribution in [2.45, 2.75) is 47.0 Å². The van der Waals surface area contributed by atoms with Crippen molar-refractivity contribution < 1.29 is 0 Å². The van der Waals surface area contributed by atoms with Gasteiger partial charge in [-0.15, -0.1) is 11.8 Å². The first kappa shape index (κ1) is 18.8. The molecule has 0 aliphatic heterocycles. The molecule has 1 aliphatic rings. The zero-order valence-electron chi connectivity index (χ0n) is 14.5. The molecule has 0 fully saturated rings. The van der Waals surface area contributed by atoms with Crippen LogP contribution in [0, 0.1) is 5.92 Å². The largest absolute Gasteiger partial charge is 0.268 e. The standard InChI is InChI=1S/C20H29NS/c1-7-10-18(19-12-9-8-11-16(19)4)17(5)13-22-14-20(21-6)15(2)3/h10-12,14-15H,5-9,13H2,1-4H3/b18-10-,20-14-. The number of hydrogen-bond acceptors (Lipinski definition) is 2. The number of allylic oxidation sites excluding steroid dienone is 7. The predicted octanol–water partition coefficient (Wildman–Crippen LogP) is 6.48. The number of rotatable bonds is 8. The predicted molar refractivity (Wildman–Crippen MR) is 104 cm³/mol. The highest BCUT2D eigenvalue weighted by Gasteiger charge is 2.12. The fourth-order valence-electron chi connectivity index (χ4n) is 2.43. The molecule has 1 rings (SSSR count). The first-order chi connectivity index (χ1) is 10.5. The van der Waals surface area contributed by atoms with Crippen molar-refractivity contribution in [1.29, 1.82) is 0 Å². The highest BCUT2D eigenvalue weighted by molar-refractivity contribution is 8.02. The summed E-state index contributed by atoms with van der Waals surface area (Å²) in [5.41, 5.74) is 6.30. The molecule has 120 valence electrons. The van der Waals surface area contributed by atoms with Crippen molar-refractivity contribution >= 4 is 18.5 Å². The van der Waals surface area contributed by atoms with Gasteiger partial charge in [0.2, 0.25) is 0 Å². The van der Waals surface area contributed by atoms with Crippen molar-refractivity contribution in [3.05, 3.63) is 58.2 Å². The summed E-state index contributed by atoms with van der Waals surface area (Å²) in [4.78, 5) is 4.09. The molecule has 0 atom stereocenters. The molecule has 0 aromatic carbocycles. The van der Waals surface area contributed by atoms with Gasteiger partial charge in [-0.25, -0.2) is 0 Å². The SMILES string of the molecule is C=N/C(=C\SCC(=C)/C(=C/CC)C1=CCCC=C1C)C(C)C. The van der Waals surface area contributed by atoms with Crippen LogP contribution in [0.5, 0.6) is 0 Å². The number of thioether (sulfide) groups is 1. The van der Waals surface area contributed by atoms with E-state index in [4.69, 9.17) is 0 Å².